The summed E-state index contributed by atoms with van der Waals surface area (Å²) in [6, 6.07) is 4.15. The Labute approximate surface area is 99.5 Å². The maximum absolute atomic E-state index is 13.6. The lowest BCUT2D eigenvalue weighted by Gasteiger charge is -2.14. The predicted octanol–water partition coefficient (Wildman–Crippen LogP) is 1.79. The van der Waals surface area contributed by atoms with E-state index in [9.17, 15) is 9.18 Å². The normalized spacial score (nSPS) is 13.9. The van der Waals surface area contributed by atoms with Gasteiger partial charge in [0.05, 0.1) is 7.11 Å². The van der Waals surface area contributed by atoms with Crippen LogP contribution in [0.2, 0.25) is 0 Å². The molecule has 0 saturated heterocycles. The van der Waals surface area contributed by atoms with E-state index < -0.39 is 17.9 Å². The van der Waals surface area contributed by atoms with E-state index >= 15 is 0 Å². The Balaban J connectivity index is 2.83. The number of hydrogen-bond acceptors (Lipinski definition) is 4. The zero-order chi connectivity index (χ0) is 13.0. The zero-order valence-corrected chi connectivity index (χ0v) is 10.1. The first-order valence-electron chi connectivity index (χ1n) is 5.25. The number of methoxy groups -OCH3 is 1. The van der Waals surface area contributed by atoms with Crippen LogP contribution in [0.25, 0.3) is 0 Å². The summed E-state index contributed by atoms with van der Waals surface area (Å²) >= 11 is 0. The quantitative estimate of drug-likeness (QED) is 0.816. The highest BCUT2D eigenvalue weighted by atomic mass is 19.1. The Kier molecular flexibility index (Phi) is 4.45. The van der Waals surface area contributed by atoms with Crippen LogP contribution in [-0.4, -0.2) is 19.2 Å². The molecule has 0 radical (unpaired) electrons. The molecular weight excluding hydrogens is 225 g/mol. The average Bonchev–Trinajstić information content (AvgIpc) is 2.30. The van der Waals surface area contributed by atoms with Gasteiger partial charge in [-0.1, -0.05) is 6.07 Å². The molecule has 94 valence electrons. The molecule has 0 aliphatic carbocycles. The second-order valence-corrected chi connectivity index (χ2v) is 3.76. The molecule has 0 aliphatic rings. The number of carbonyl (C=O) groups is 1. The smallest absolute Gasteiger partial charge is 0.346 e. The Morgan fingerprint density at radius 2 is 2.06 bits per heavy atom. The lowest BCUT2D eigenvalue weighted by atomic mass is 10.1. The van der Waals surface area contributed by atoms with Crippen LogP contribution in [0.3, 0.4) is 0 Å². The van der Waals surface area contributed by atoms with E-state index in [2.05, 4.69) is 4.74 Å². The van der Waals surface area contributed by atoms with Gasteiger partial charge in [-0.2, -0.15) is 0 Å². The van der Waals surface area contributed by atoms with Crippen LogP contribution in [0.5, 0.6) is 5.75 Å². The van der Waals surface area contributed by atoms with Gasteiger partial charge in [0.15, 0.2) is 17.7 Å². The number of ether oxygens (including phenoxy) is 2. The zero-order valence-electron chi connectivity index (χ0n) is 10.1. The van der Waals surface area contributed by atoms with Crippen molar-refractivity contribution in [2.75, 3.05) is 7.11 Å². The number of halogens is 1. The van der Waals surface area contributed by atoms with E-state index in [1.807, 2.05) is 0 Å². The van der Waals surface area contributed by atoms with Gasteiger partial charge >= 0.3 is 5.97 Å². The van der Waals surface area contributed by atoms with Crippen molar-refractivity contribution in [1.82, 2.24) is 0 Å². The summed E-state index contributed by atoms with van der Waals surface area (Å²) in [5.74, 6) is -1.09. The van der Waals surface area contributed by atoms with E-state index in [-0.39, 0.29) is 11.8 Å². The molecule has 1 aromatic carbocycles. The second-order valence-electron chi connectivity index (χ2n) is 3.76. The van der Waals surface area contributed by atoms with Crippen LogP contribution >= 0.6 is 0 Å². The number of hydrogen-bond donors (Lipinski definition) is 1. The van der Waals surface area contributed by atoms with Crippen molar-refractivity contribution >= 4 is 5.97 Å². The summed E-state index contributed by atoms with van der Waals surface area (Å²) in [6.45, 7) is 3.25. The van der Waals surface area contributed by atoms with E-state index in [4.69, 9.17) is 10.5 Å². The molecule has 0 spiro atoms. The third-order valence-corrected chi connectivity index (χ3v) is 2.32. The van der Waals surface area contributed by atoms with Crippen molar-refractivity contribution in [3.63, 3.8) is 0 Å². The minimum atomic E-state index is -0.851. The maximum Gasteiger partial charge on any atom is 0.346 e. The van der Waals surface area contributed by atoms with Crippen molar-refractivity contribution in [1.29, 1.82) is 0 Å². The van der Waals surface area contributed by atoms with E-state index in [0.717, 1.165) is 0 Å². The standard InChI is InChI=1S/C12H16FNO3/c1-7(14)9-4-5-11(10(13)6-9)17-8(2)12(15)16-3/h4-8H,14H2,1-3H3/t7-,8?/m0/s1. The Morgan fingerprint density at radius 3 is 2.53 bits per heavy atom. The molecule has 1 unspecified atom stereocenters. The lowest BCUT2D eigenvalue weighted by molar-refractivity contribution is -0.148. The van der Waals surface area contributed by atoms with E-state index in [0.29, 0.717) is 5.56 Å². The fourth-order valence-electron chi connectivity index (χ4n) is 1.30. The molecule has 0 heterocycles. The van der Waals surface area contributed by atoms with Gasteiger partial charge in [0.2, 0.25) is 0 Å². The summed E-state index contributed by atoms with van der Waals surface area (Å²) in [5.41, 5.74) is 6.29. The molecule has 17 heavy (non-hydrogen) atoms. The molecule has 0 aromatic heterocycles. The molecule has 4 nitrogen and oxygen atoms in total. The molecule has 0 amide bonds. The van der Waals surface area contributed by atoms with Gasteiger partial charge in [-0.25, -0.2) is 9.18 Å². The van der Waals surface area contributed by atoms with Crippen molar-refractivity contribution < 1.29 is 18.7 Å². The Bertz CT molecular complexity index is 407. The van der Waals surface area contributed by atoms with E-state index in [1.54, 1.807) is 13.0 Å². The third kappa shape index (κ3) is 3.42. The lowest BCUT2D eigenvalue weighted by Crippen LogP contribution is -2.25. The van der Waals surface area contributed by atoms with Gasteiger partial charge in [-0.15, -0.1) is 0 Å². The SMILES string of the molecule is COC(=O)C(C)Oc1ccc([C@H](C)N)cc1F. The van der Waals surface area contributed by atoms with Gasteiger partial charge < -0.3 is 15.2 Å². The van der Waals surface area contributed by atoms with Crippen LogP contribution in [0.4, 0.5) is 4.39 Å². The van der Waals surface area contributed by atoms with Gasteiger partial charge in [0, 0.05) is 6.04 Å². The topological polar surface area (TPSA) is 61.5 Å². The molecule has 2 N–H and O–H groups in total. The summed E-state index contributed by atoms with van der Waals surface area (Å²) in [4.78, 5) is 11.1. The van der Waals surface area contributed by atoms with Crippen molar-refractivity contribution in [2.24, 2.45) is 5.73 Å². The monoisotopic (exact) mass is 241 g/mol. The first kappa shape index (κ1) is 13.4. The molecular formula is C12H16FNO3. The van der Waals surface area contributed by atoms with Crippen molar-refractivity contribution in [3.8, 4) is 5.75 Å². The van der Waals surface area contributed by atoms with Crippen LogP contribution in [-0.2, 0) is 9.53 Å². The molecule has 1 aromatic rings. The van der Waals surface area contributed by atoms with Gasteiger partial charge in [-0.05, 0) is 31.5 Å². The van der Waals surface area contributed by atoms with Crippen LogP contribution < -0.4 is 10.5 Å². The minimum absolute atomic E-state index is 0.00676. The molecule has 5 heteroatoms. The number of esters is 1. The highest BCUT2D eigenvalue weighted by molar-refractivity contribution is 5.74. The molecule has 2 atom stereocenters. The number of nitrogens with two attached hydrogens (primary N) is 1. The average molecular weight is 241 g/mol. The first-order chi connectivity index (χ1) is 7.95. The number of rotatable bonds is 4. The first-order valence-corrected chi connectivity index (χ1v) is 5.25. The fraction of sp³-hybridized carbons (Fsp3) is 0.417. The third-order valence-electron chi connectivity index (χ3n) is 2.32. The van der Waals surface area contributed by atoms with Gasteiger partial charge in [0.25, 0.3) is 0 Å². The van der Waals surface area contributed by atoms with Gasteiger partial charge in [-0.3, -0.25) is 0 Å². The van der Waals surface area contributed by atoms with E-state index in [1.165, 1.54) is 26.2 Å². The van der Waals surface area contributed by atoms with Crippen LogP contribution in [0.1, 0.15) is 25.5 Å². The van der Waals surface area contributed by atoms with Gasteiger partial charge in [0.1, 0.15) is 0 Å². The molecule has 0 fully saturated rings. The number of benzene rings is 1. The second kappa shape index (κ2) is 5.63. The van der Waals surface area contributed by atoms with Crippen LogP contribution in [0, 0.1) is 5.82 Å². The largest absolute Gasteiger partial charge is 0.476 e. The summed E-state index contributed by atoms with van der Waals surface area (Å²) in [5, 5.41) is 0. The maximum atomic E-state index is 13.6. The van der Waals surface area contributed by atoms with Crippen molar-refractivity contribution in [2.45, 2.75) is 26.0 Å². The fourth-order valence-corrected chi connectivity index (χ4v) is 1.30. The minimum Gasteiger partial charge on any atom is -0.476 e. The molecule has 0 aliphatic heterocycles. The summed E-state index contributed by atoms with van der Waals surface area (Å²) in [7, 11) is 1.25. The summed E-state index contributed by atoms with van der Waals surface area (Å²) < 4.78 is 23.2. The highest BCUT2D eigenvalue weighted by Crippen LogP contribution is 2.22. The molecule has 0 bridgehead atoms. The predicted molar refractivity (Wildman–Crippen MR) is 61.1 cm³/mol. The highest BCUT2D eigenvalue weighted by Gasteiger charge is 2.17. The molecule has 0 saturated carbocycles. The molecule has 1 rings (SSSR count). The summed E-state index contributed by atoms with van der Waals surface area (Å²) in [6.07, 6.45) is -0.851. The number of carbonyl (C=O) groups excluding carboxylic acids is 1. The van der Waals surface area contributed by atoms with Crippen LogP contribution in [0.15, 0.2) is 18.2 Å². The Hall–Kier alpha value is -1.62. The van der Waals surface area contributed by atoms with Crippen molar-refractivity contribution in [3.05, 3.63) is 29.6 Å². The Morgan fingerprint density at radius 1 is 1.41 bits per heavy atom.